The molecule has 0 radical (unpaired) electrons. The molecule has 8 nitrogen and oxygen atoms in total. The highest BCUT2D eigenvalue weighted by molar-refractivity contribution is 5.77. The lowest BCUT2D eigenvalue weighted by molar-refractivity contribution is -0.125. The SMILES string of the molecule is CC.CCOCC(=O)NCCOCCOCCOCCN1CCN(CC)CC1. The topological polar surface area (TPSA) is 72.5 Å². The van der Waals surface area contributed by atoms with Gasteiger partial charge < -0.3 is 29.2 Å². The minimum atomic E-state index is -0.115. The second-order valence-corrected chi connectivity index (χ2v) is 6.10. The van der Waals surface area contributed by atoms with E-state index in [4.69, 9.17) is 18.9 Å². The van der Waals surface area contributed by atoms with Gasteiger partial charge in [-0.2, -0.15) is 0 Å². The van der Waals surface area contributed by atoms with Crippen molar-refractivity contribution < 1.29 is 23.7 Å². The molecule has 168 valence electrons. The maximum absolute atomic E-state index is 11.3. The first-order valence-electron chi connectivity index (χ1n) is 10.8. The molecule has 0 bridgehead atoms. The highest BCUT2D eigenvalue weighted by Crippen LogP contribution is 2.00. The average molecular weight is 406 g/mol. The fourth-order valence-corrected chi connectivity index (χ4v) is 2.57. The van der Waals surface area contributed by atoms with Gasteiger partial charge in [0.05, 0.1) is 39.6 Å². The van der Waals surface area contributed by atoms with E-state index in [1.54, 1.807) is 0 Å². The number of carbonyl (C=O) groups excluding carboxylic acids is 1. The van der Waals surface area contributed by atoms with Crippen LogP contribution in [0.3, 0.4) is 0 Å². The summed E-state index contributed by atoms with van der Waals surface area (Å²) >= 11 is 0. The Kier molecular flexibility index (Phi) is 20.4. The van der Waals surface area contributed by atoms with Gasteiger partial charge in [0.25, 0.3) is 0 Å². The second-order valence-electron chi connectivity index (χ2n) is 6.10. The van der Waals surface area contributed by atoms with Crippen LogP contribution in [0.2, 0.25) is 0 Å². The van der Waals surface area contributed by atoms with Crippen LogP contribution in [0.15, 0.2) is 0 Å². The molecule has 1 heterocycles. The summed E-state index contributed by atoms with van der Waals surface area (Å²) in [5.41, 5.74) is 0. The third kappa shape index (κ3) is 16.2. The van der Waals surface area contributed by atoms with E-state index in [0.717, 1.165) is 45.9 Å². The quantitative estimate of drug-likeness (QED) is 0.382. The number of likely N-dealkylation sites (N-methyl/N-ethyl adjacent to an activating group) is 1. The molecule has 1 saturated heterocycles. The van der Waals surface area contributed by atoms with E-state index < -0.39 is 0 Å². The summed E-state index contributed by atoms with van der Waals surface area (Å²) in [4.78, 5) is 16.2. The van der Waals surface area contributed by atoms with Gasteiger partial charge in [0.15, 0.2) is 0 Å². The molecular formula is C20H43N3O5. The maximum atomic E-state index is 11.3. The minimum Gasteiger partial charge on any atom is -0.378 e. The first-order valence-corrected chi connectivity index (χ1v) is 10.8. The summed E-state index contributed by atoms with van der Waals surface area (Å²) in [7, 11) is 0. The Balaban J connectivity index is 0.00000352. The van der Waals surface area contributed by atoms with Crippen molar-refractivity contribution in [1.82, 2.24) is 15.1 Å². The van der Waals surface area contributed by atoms with Crippen molar-refractivity contribution in [2.24, 2.45) is 0 Å². The number of nitrogens with zero attached hydrogens (tertiary/aromatic N) is 2. The number of amides is 1. The van der Waals surface area contributed by atoms with Gasteiger partial charge >= 0.3 is 0 Å². The molecule has 8 heteroatoms. The zero-order valence-corrected chi connectivity index (χ0v) is 18.5. The van der Waals surface area contributed by atoms with Gasteiger partial charge in [0.2, 0.25) is 5.91 Å². The Hall–Kier alpha value is -0.770. The Morgan fingerprint density at radius 1 is 0.786 bits per heavy atom. The van der Waals surface area contributed by atoms with Crippen molar-refractivity contribution >= 4 is 5.91 Å². The van der Waals surface area contributed by atoms with Crippen molar-refractivity contribution in [3.63, 3.8) is 0 Å². The number of hydrogen-bond donors (Lipinski definition) is 1. The van der Waals surface area contributed by atoms with E-state index >= 15 is 0 Å². The summed E-state index contributed by atoms with van der Waals surface area (Å²) in [6, 6.07) is 0. The summed E-state index contributed by atoms with van der Waals surface area (Å²) < 4.78 is 21.5. The van der Waals surface area contributed by atoms with Crippen LogP contribution in [0.4, 0.5) is 0 Å². The molecule has 0 aliphatic carbocycles. The van der Waals surface area contributed by atoms with Crippen molar-refractivity contribution in [3.8, 4) is 0 Å². The van der Waals surface area contributed by atoms with Crippen LogP contribution in [0.1, 0.15) is 27.7 Å². The Labute approximate surface area is 171 Å². The van der Waals surface area contributed by atoms with E-state index in [0.29, 0.717) is 46.2 Å². The monoisotopic (exact) mass is 405 g/mol. The average Bonchev–Trinajstić information content (AvgIpc) is 2.74. The fourth-order valence-electron chi connectivity index (χ4n) is 2.57. The summed E-state index contributed by atoms with van der Waals surface area (Å²) in [5, 5.41) is 2.72. The maximum Gasteiger partial charge on any atom is 0.246 e. The van der Waals surface area contributed by atoms with Gasteiger partial charge in [-0.3, -0.25) is 9.69 Å². The fraction of sp³-hybridized carbons (Fsp3) is 0.950. The van der Waals surface area contributed by atoms with Gasteiger partial charge in [-0.1, -0.05) is 20.8 Å². The highest BCUT2D eigenvalue weighted by atomic mass is 16.5. The molecule has 28 heavy (non-hydrogen) atoms. The van der Waals surface area contributed by atoms with Crippen molar-refractivity contribution in [1.29, 1.82) is 0 Å². The van der Waals surface area contributed by atoms with Gasteiger partial charge in [-0.15, -0.1) is 0 Å². The number of hydrogen-bond acceptors (Lipinski definition) is 7. The van der Waals surface area contributed by atoms with Gasteiger partial charge in [-0.25, -0.2) is 0 Å². The van der Waals surface area contributed by atoms with Gasteiger partial charge in [-0.05, 0) is 13.5 Å². The third-order valence-corrected chi connectivity index (χ3v) is 4.21. The van der Waals surface area contributed by atoms with Crippen molar-refractivity contribution in [2.75, 3.05) is 98.7 Å². The van der Waals surface area contributed by atoms with Crippen LogP contribution in [0.5, 0.6) is 0 Å². The van der Waals surface area contributed by atoms with Gasteiger partial charge in [0, 0.05) is 45.9 Å². The van der Waals surface area contributed by atoms with Crippen molar-refractivity contribution in [2.45, 2.75) is 27.7 Å². The number of nitrogens with one attached hydrogen (secondary N) is 1. The first kappa shape index (κ1) is 27.2. The molecule has 0 atom stereocenters. The third-order valence-electron chi connectivity index (χ3n) is 4.21. The smallest absolute Gasteiger partial charge is 0.246 e. The lowest BCUT2D eigenvalue weighted by Gasteiger charge is -2.33. The Morgan fingerprint density at radius 2 is 1.32 bits per heavy atom. The van der Waals surface area contributed by atoms with Crippen LogP contribution in [-0.4, -0.2) is 114 Å². The first-order chi connectivity index (χ1) is 13.8. The molecule has 1 N–H and O–H groups in total. The number of piperazine rings is 1. The van der Waals surface area contributed by atoms with Crippen LogP contribution in [0, 0.1) is 0 Å². The summed E-state index contributed by atoms with van der Waals surface area (Å²) in [6.45, 7) is 19.4. The molecule has 1 aliphatic rings. The number of ether oxygens (including phenoxy) is 4. The van der Waals surface area contributed by atoms with Gasteiger partial charge in [0.1, 0.15) is 6.61 Å². The molecule has 1 amide bonds. The predicted octanol–water partition coefficient (Wildman–Crippen LogP) is 0.853. The standard InChI is InChI=1S/C18H37N3O5.C2H6/c1-3-20-6-8-21(9-7-20)10-12-25-14-16-26-15-13-24-11-5-19-18(22)17-23-4-2;1-2/h3-17H2,1-2H3,(H,19,22);1-2H3. The Bertz CT molecular complexity index is 340. The van der Waals surface area contributed by atoms with Crippen molar-refractivity contribution in [3.05, 3.63) is 0 Å². The Morgan fingerprint density at radius 3 is 1.89 bits per heavy atom. The molecule has 0 aromatic carbocycles. The van der Waals surface area contributed by atoms with Crippen LogP contribution in [0.25, 0.3) is 0 Å². The van der Waals surface area contributed by atoms with Crippen LogP contribution in [-0.2, 0) is 23.7 Å². The molecule has 1 rings (SSSR count). The van der Waals surface area contributed by atoms with Crippen LogP contribution >= 0.6 is 0 Å². The zero-order chi connectivity index (χ0) is 20.9. The summed E-state index contributed by atoms with van der Waals surface area (Å²) in [5.74, 6) is -0.115. The second kappa shape index (κ2) is 21.0. The molecule has 0 aromatic rings. The van der Waals surface area contributed by atoms with Crippen LogP contribution < -0.4 is 5.32 Å². The largest absolute Gasteiger partial charge is 0.378 e. The predicted molar refractivity (Wildman–Crippen MR) is 112 cm³/mol. The van der Waals surface area contributed by atoms with E-state index in [2.05, 4.69) is 22.0 Å². The zero-order valence-electron chi connectivity index (χ0n) is 18.5. The van der Waals surface area contributed by atoms with E-state index in [9.17, 15) is 4.79 Å². The lowest BCUT2D eigenvalue weighted by Crippen LogP contribution is -2.47. The number of rotatable bonds is 16. The lowest BCUT2D eigenvalue weighted by atomic mass is 10.3. The molecular weight excluding hydrogens is 362 g/mol. The molecule has 0 aromatic heterocycles. The normalized spacial score (nSPS) is 15.1. The number of carbonyl (C=O) groups is 1. The highest BCUT2D eigenvalue weighted by Gasteiger charge is 2.14. The van der Waals surface area contributed by atoms with E-state index in [1.807, 2.05) is 20.8 Å². The molecule has 0 unspecified atom stereocenters. The molecule has 0 spiro atoms. The van der Waals surface area contributed by atoms with E-state index in [-0.39, 0.29) is 12.5 Å². The summed E-state index contributed by atoms with van der Waals surface area (Å²) in [6.07, 6.45) is 0. The molecule has 1 aliphatic heterocycles. The molecule has 0 saturated carbocycles. The molecule has 1 fully saturated rings. The minimum absolute atomic E-state index is 0.106. The van der Waals surface area contributed by atoms with E-state index in [1.165, 1.54) is 0 Å².